The highest BCUT2D eigenvalue weighted by Crippen LogP contribution is 2.27. The first kappa shape index (κ1) is 18.8. The molecular formula is C17H20N2O5S. The first-order chi connectivity index (χ1) is 11.9. The Morgan fingerprint density at radius 1 is 1.08 bits per heavy atom. The van der Waals surface area contributed by atoms with E-state index in [1.54, 1.807) is 37.4 Å². The van der Waals surface area contributed by atoms with Gasteiger partial charge in [0.15, 0.2) is 0 Å². The van der Waals surface area contributed by atoms with E-state index in [9.17, 15) is 13.2 Å². The number of nitrogens with one attached hydrogen (secondary N) is 2. The van der Waals surface area contributed by atoms with Gasteiger partial charge in [0.1, 0.15) is 16.4 Å². The highest BCUT2D eigenvalue weighted by Gasteiger charge is 2.20. The summed E-state index contributed by atoms with van der Waals surface area (Å²) < 4.78 is 38.1. The van der Waals surface area contributed by atoms with Crippen LogP contribution in [0.4, 0.5) is 5.69 Å². The fourth-order valence-corrected chi connectivity index (χ4v) is 3.42. The van der Waals surface area contributed by atoms with Gasteiger partial charge in [-0.25, -0.2) is 13.1 Å². The van der Waals surface area contributed by atoms with Crippen LogP contribution in [0, 0.1) is 0 Å². The molecule has 134 valence electrons. The average molecular weight is 364 g/mol. The molecule has 0 unspecified atom stereocenters. The highest BCUT2D eigenvalue weighted by molar-refractivity contribution is 7.89. The van der Waals surface area contributed by atoms with Crippen LogP contribution < -0.4 is 19.5 Å². The molecule has 0 saturated carbocycles. The van der Waals surface area contributed by atoms with Crippen LogP contribution >= 0.6 is 0 Å². The van der Waals surface area contributed by atoms with Gasteiger partial charge in [-0.3, -0.25) is 4.79 Å². The van der Waals surface area contributed by atoms with Crippen molar-refractivity contribution in [3.8, 4) is 11.5 Å². The number of hydrogen-bond donors (Lipinski definition) is 2. The number of carbonyl (C=O) groups excluding carboxylic acids is 1. The molecule has 0 saturated heterocycles. The summed E-state index contributed by atoms with van der Waals surface area (Å²) in [5, 5.41) is 2.55. The lowest BCUT2D eigenvalue weighted by atomic mass is 10.2. The molecule has 2 aromatic carbocycles. The lowest BCUT2D eigenvalue weighted by Crippen LogP contribution is -2.24. The predicted molar refractivity (Wildman–Crippen MR) is 94.3 cm³/mol. The van der Waals surface area contributed by atoms with Crippen molar-refractivity contribution in [3.63, 3.8) is 0 Å². The van der Waals surface area contributed by atoms with Gasteiger partial charge in [0.05, 0.1) is 14.2 Å². The lowest BCUT2D eigenvalue weighted by molar-refractivity contribution is -0.114. The van der Waals surface area contributed by atoms with Gasteiger partial charge in [-0.2, -0.15) is 0 Å². The van der Waals surface area contributed by atoms with Crippen LogP contribution in [0.3, 0.4) is 0 Å². The maximum absolute atomic E-state index is 12.6. The van der Waals surface area contributed by atoms with E-state index in [4.69, 9.17) is 9.47 Å². The third-order valence-electron chi connectivity index (χ3n) is 3.37. The van der Waals surface area contributed by atoms with Crippen LogP contribution in [-0.4, -0.2) is 28.5 Å². The summed E-state index contributed by atoms with van der Waals surface area (Å²) in [4.78, 5) is 11.1. The van der Waals surface area contributed by atoms with Gasteiger partial charge in [-0.15, -0.1) is 0 Å². The van der Waals surface area contributed by atoms with E-state index in [-0.39, 0.29) is 23.1 Å². The molecule has 0 aromatic heterocycles. The second-order valence-corrected chi connectivity index (χ2v) is 6.96. The van der Waals surface area contributed by atoms with Gasteiger partial charge in [-0.1, -0.05) is 12.1 Å². The van der Waals surface area contributed by atoms with Crippen LogP contribution in [0.1, 0.15) is 12.5 Å². The Hall–Kier alpha value is -2.58. The Kier molecular flexibility index (Phi) is 6.00. The van der Waals surface area contributed by atoms with Crippen molar-refractivity contribution < 1.29 is 22.7 Å². The summed E-state index contributed by atoms with van der Waals surface area (Å²) >= 11 is 0. The van der Waals surface area contributed by atoms with Gasteiger partial charge < -0.3 is 14.8 Å². The number of hydrogen-bond acceptors (Lipinski definition) is 5. The number of benzene rings is 2. The van der Waals surface area contributed by atoms with Gasteiger partial charge in [0.25, 0.3) is 0 Å². The first-order valence-corrected chi connectivity index (χ1v) is 8.92. The summed E-state index contributed by atoms with van der Waals surface area (Å²) in [6.45, 7) is 1.44. The largest absolute Gasteiger partial charge is 0.497 e. The van der Waals surface area contributed by atoms with E-state index in [2.05, 4.69) is 10.0 Å². The van der Waals surface area contributed by atoms with Gasteiger partial charge in [-0.05, 0) is 35.9 Å². The monoisotopic (exact) mass is 364 g/mol. The average Bonchev–Trinajstić information content (AvgIpc) is 2.59. The number of methoxy groups -OCH3 is 2. The molecule has 1 amide bonds. The van der Waals surface area contributed by atoms with E-state index in [0.29, 0.717) is 11.4 Å². The zero-order valence-electron chi connectivity index (χ0n) is 14.2. The van der Waals surface area contributed by atoms with Crippen LogP contribution in [0.2, 0.25) is 0 Å². The van der Waals surface area contributed by atoms with Crippen LogP contribution in [0.25, 0.3) is 0 Å². The molecule has 0 heterocycles. The molecule has 0 aliphatic heterocycles. The van der Waals surface area contributed by atoms with Crippen molar-refractivity contribution in [3.05, 3.63) is 48.0 Å². The molecule has 0 radical (unpaired) electrons. The number of sulfonamides is 1. The number of amides is 1. The topological polar surface area (TPSA) is 93.7 Å². The van der Waals surface area contributed by atoms with Crippen LogP contribution in [-0.2, 0) is 21.4 Å². The van der Waals surface area contributed by atoms with Gasteiger partial charge in [0.2, 0.25) is 15.9 Å². The minimum atomic E-state index is -3.85. The van der Waals surface area contributed by atoms with Crippen molar-refractivity contribution in [1.82, 2.24) is 4.72 Å². The Morgan fingerprint density at radius 2 is 1.84 bits per heavy atom. The second kappa shape index (κ2) is 8.00. The van der Waals surface area contributed by atoms with Crippen molar-refractivity contribution >= 4 is 21.6 Å². The number of carbonyl (C=O) groups is 1. The molecule has 25 heavy (non-hydrogen) atoms. The molecule has 0 fully saturated rings. The predicted octanol–water partition coefficient (Wildman–Crippen LogP) is 2.14. The molecule has 0 spiro atoms. The highest BCUT2D eigenvalue weighted by atomic mass is 32.2. The molecule has 0 aliphatic rings. The number of anilines is 1. The van der Waals surface area contributed by atoms with Crippen molar-refractivity contribution in [1.29, 1.82) is 0 Å². The van der Waals surface area contributed by atoms with Crippen molar-refractivity contribution in [2.75, 3.05) is 19.5 Å². The van der Waals surface area contributed by atoms with E-state index in [0.717, 1.165) is 5.56 Å². The molecule has 8 heteroatoms. The molecule has 7 nitrogen and oxygen atoms in total. The molecule has 2 N–H and O–H groups in total. The standard InChI is InChI=1S/C17H20N2O5S/c1-12(20)19-14-7-8-16(24-3)17(10-14)25(21,22)18-11-13-5-4-6-15(9-13)23-2/h4-10,18H,11H2,1-3H3,(H,19,20). The summed E-state index contributed by atoms with van der Waals surface area (Å²) in [6, 6.07) is 11.5. The third-order valence-corrected chi connectivity index (χ3v) is 4.80. The second-order valence-electron chi connectivity index (χ2n) is 5.22. The third kappa shape index (κ3) is 4.94. The Morgan fingerprint density at radius 3 is 2.48 bits per heavy atom. The molecule has 2 aromatic rings. The van der Waals surface area contributed by atoms with Crippen molar-refractivity contribution in [2.45, 2.75) is 18.4 Å². The quantitative estimate of drug-likeness (QED) is 0.785. The lowest BCUT2D eigenvalue weighted by Gasteiger charge is -2.13. The van der Waals surface area contributed by atoms with E-state index in [1.807, 2.05) is 0 Å². The smallest absolute Gasteiger partial charge is 0.244 e. The Balaban J connectivity index is 2.26. The molecule has 2 rings (SSSR count). The summed E-state index contributed by atoms with van der Waals surface area (Å²) in [6.07, 6.45) is 0. The van der Waals surface area contributed by atoms with Crippen molar-refractivity contribution in [2.24, 2.45) is 0 Å². The molecular weight excluding hydrogens is 344 g/mol. The van der Waals surface area contributed by atoms with Crippen LogP contribution in [0.5, 0.6) is 11.5 Å². The summed E-state index contributed by atoms with van der Waals surface area (Å²) in [5.41, 5.74) is 1.12. The maximum atomic E-state index is 12.6. The molecule has 0 bridgehead atoms. The maximum Gasteiger partial charge on any atom is 0.244 e. The zero-order valence-corrected chi connectivity index (χ0v) is 15.0. The summed E-state index contributed by atoms with van der Waals surface area (Å²) in [5.74, 6) is 0.534. The fraction of sp³-hybridized carbons (Fsp3) is 0.235. The molecule has 0 aliphatic carbocycles. The number of rotatable bonds is 7. The SMILES string of the molecule is COc1cccc(CNS(=O)(=O)c2cc(NC(C)=O)ccc2OC)c1. The summed E-state index contributed by atoms with van der Waals surface area (Å²) in [7, 11) is -0.919. The molecule has 0 atom stereocenters. The van der Waals surface area contributed by atoms with E-state index >= 15 is 0 Å². The first-order valence-electron chi connectivity index (χ1n) is 7.44. The Labute approximate surface area is 147 Å². The minimum absolute atomic E-state index is 0.0517. The number of ether oxygens (including phenoxy) is 2. The Bertz CT molecular complexity index is 865. The normalized spacial score (nSPS) is 11.0. The van der Waals surface area contributed by atoms with Gasteiger partial charge in [0, 0.05) is 19.2 Å². The minimum Gasteiger partial charge on any atom is -0.497 e. The van der Waals surface area contributed by atoms with Gasteiger partial charge >= 0.3 is 0 Å². The van der Waals surface area contributed by atoms with E-state index < -0.39 is 10.0 Å². The fourth-order valence-electron chi connectivity index (χ4n) is 2.21. The zero-order chi connectivity index (χ0) is 18.4. The van der Waals surface area contributed by atoms with E-state index in [1.165, 1.54) is 26.2 Å². The van der Waals surface area contributed by atoms with Crippen LogP contribution in [0.15, 0.2) is 47.4 Å².